The molecule has 0 heterocycles. The highest BCUT2D eigenvalue weighted by molar-refractivity contribution is 5.89. The Kier molecular flexibility index (Phi) is 7.56. The van der Waals surface area contributed by atoms with Gasteiger partial charge in [0, 0.05) is 46.2 Å². The lowest BCUT2D eigenvalue weighted by atomic mass is 9.81. The van der Waals surface area contributed by atoms with Gasteiger partial charge in [0.05, 0.1) is 0 Å². The van der Waals surface area contributed by atoms with Crippen molar-refractivity contribution in [3.05, 3.63) is 156 Å². The topological polar surface area (TPSA) is 15.3 Å². The van der Waals surface area contributed by atoms with Crippen molar-refractivity contribution in [2.75, 3.05) is 17.3 Å². The summed E-state index contributed by atoms with van der Waals surface area (Å²) in [6.07, 6.45) is 0. The van der Waals surface area contributed by atoms with E-state index in [-0.39, 0.29) is 10.8 Å². The Labute approximate surface area is 280 Å². The Morgan fingerprint density at radius 2 is 0.915 bits per heavy atom. The first-order valence-corrected chi connectivity index (χ1v) is 16.9. The number of fused-ring (bicyclic) bond motifs is 6. The molecule has 0 fully saturated rings. The number of rotatable bonds is 5. The smallest absolute Gasteiger partial charge is 0.0487 e. The van der Waals surface area contributed by atoms with Gasteiger partial charge in [0.25, 0.3) is 0 Å². The summed E-state index contributed by atoms with van der Waals surface area (Å²) in [7, 11) is 2.15. The molecule has 0 saturated carbocycles. The van der Waals surface area contributed by atoms with E-state index in [1.165, 1.54) is 67.0 Å². The molecule has 0 spiro atoms. The third-order valence-corrected chi connectivity index (χ3v) is 10.3. The van der Waals surface area contributed by atoms with Gasteiger partial charge in [-0.05, 0) is 98.6 Å². The first-order valence-electron chi connectivity index (χ1n) is 16.9. The van der Waals surface area contributed by atoms with Gasteiger partial charge in [-0.3, -0.25) is 0 Å². The molecule has 6 aromatic carbocycles. The van der Waals surface area contributed by atoms with E-state index >= 15 is 0 Å². The van der Waals surface area contributed by atoms with Crippen molar-refractivity contribution >= 4 is 22.7 Å². The van der Waals surface area contributed by atoms with E-state index in [1.807, 2.05) is 13.8 Å². The molecule has 47 heavy (non-hydrogen) atoms. The Morgan fingerprint density at radius 1 is 0.447 bits per heavy atom. The molecule has 6 aromatic rings. The molecule has 2 aliphatic rings. The molecule has 8 rings (SSSR count). The van der Waals surface area contributed by atoms with Crippen LogP contribution in [0.1, 0.15) is 63.8 Å². The molecule has 0 saturated heterocycles. The van der Waals surface area contributed by atoms with Gasteiger partial charge in [0.15, 0.2) is 0 Å². The molecule has 0 aromatic heterocycles. The highest BCUT2D eigenvalue weighted by Gasteiger charge is 2.37. The second-order valence-electron chi connectivity index (χ2n) is 13.6. The van der Waals surface area contributed by atoms with Gasteiger partial charge in [0.2, 0.25) is 0 Å². The molecule has 234 valence electrons. The van der Waals surface area contributed by atoms with Crippen LogP contribution in [-0.4, -0.2) is 7.05 Å². The second-order valence-corrected chi connectivity index (χ2v) is 13.6. The molecule has 0 unspecified atom stereocenters. The molecule has 2 heteroatoms. The van der Waals surface area contributed by atoms with Gasteiger partial charge in [-0.1, -0.05) is 126 Å². The van der Waals surface area contributed by atoms with E-state index < -0.39 is 0 Å². The maximum absolute atomic E-state index is 3.76. The molecular formula is C45H44N2. The number of para-hydroxylation sites is 2. The fourth-order valence-corrected chi connectivity index (χ4v) is 7.73. The van der Waals surface area contributed by atoms with Crippen LogP contribution in [0.25, 0.3) is 33.4 Å². The van der Waals surface area contributed by atoms with E-state index in [0.29, 0.717) is 0 Å². The van der Waals surface area contributed by atoms with Crippen molar-refractivity contribution < 1.29 is 0 Å². The van der Waals surface area contributed by atoms with Crippen molar-refractivity contribution in [3.8, 4) is 33.4 Å². The maximum Gasteiger partial charge on any atom is 0.0487 e. The van der Waals surface area contributed by atoms with Crippen LogP contribution < -0.4 is 10.2 Å². The third-order valence-electron chi connectivity index (χ3n) is 10.3. The SMILES string of the molecule is CC.CN(c1ccccc1)c1ccccc1-c1ccc2c(c1)C(C)(C)c1cc(Nc3ccc4c(c3)C(C)(C)c3ccccc3-4)ccc1-2. The summed E-state index contributed by atoms with van der Waals surface area (Å²) >= 11 is 0. The number of nitrogens with zero attached hydrogens (tertiary/aromatic N) is 1. The minimum Gasteiger partial charge on any atom is -0.356 e. The lowest BCUT2D eigenvalue weighted by Gasteiger charge is -2.25. The molecule has 0 bridgehead atoms. The van der Waals surface area contributed by atoms with Crippen molar-refractivity contribution in [2.45, 2.75) is 52.4 Å². The lowest BCUT2D eigenvalue weighted by molar-refractivity contribution is 0.660. The molecular weight excluding hydrogens is 569 g/mol. The summed E-state index contributed by atoms with van der Waals surface area (Å²) in [5, 5.41) is 3.76. The van der Waals surface area contributed by atoms with Crippen molar-refractivity contribution in [2.24, 2.45) is 0 Å². The predicted octanol–water partition coefficient (Wildman–Crippen LogP) is 12.5. The number of hydrogen-bond acceptors (Lipinski definition) is 2. The third kappa shape index (κ3) is 4.95. The zero-order valence-corrected chi connectivity index (χ0v) is 28.6. The Balaban J connectivity index is 0.00000172. The molecule has 0 atom stereocenters. The Hall–Kier alpha value is -5.08. The minimum atomic E-state index is -0.125. The van der Waals surface area contributed by atoms with E-state index in [4.69, 9.17) is 0 Å². The summed E-state index contributed by atoms with van der Waals surface area (Å²) in [4.78, 5) is 2.28. The molecule has 0 amide bonds. The van der Waals surface area contributed by atoms with Crippen molar-refractivity contribution in [1.29, 1.82) is 0 Å². The largest absolute Gasteiger partial charge is 0.356 e. The quantitative estimate of drug-likeness (QED) is 0.208. The summed E-state index contributed by atoms with van der Waals surface area (Å²) in [5.41, 5.74) is 17.9. The van der Waals surface area contributed by atoms with Crippen LogP contribution in [0.2, 0.25) is 0 Å². The lowest BCUT2D eigenvalue weighted by Crippen LogP contribution is -2.16. The van der Waals surface area contributed by atoms with Crippen LogP contribution >= 0.6 is 0 Å². The van der Waals surface area contributed by atoms with Gasteiger partial charge >= 0.3 is 0 Å². The number of hydrogen-bond donors (Lipinski definition) is 1. The van der Waals surface area contributed by atoms with Crippen LogP contribution in [0.5, 0.6) is 0 Å². The Bertz CT molecular complexity index is 2100. The highest BCUT2D eigenvalue weighted by atomic mass is 15.1. The van der Waals surface area contributed by atoms with Gasteiger partial charge in [-0.15, -0.1) is 0 Å². The van der Waals surface area contributed by atoms with Crippen molar-refractivity contribution in [1.82, 2.24) is 0 Å². The molecule has 0 radical (unpaired) electrons. The summed E-state index contributed by atoms with van der Waals surface area (Å²) in [6, 6.07) is 48.9. The first kappa shape index (κ1) is 30.6. The zero-order chi connectivity index (χ0) is 32.9. The van der Waals surface area contributed by atoms with Crippen LogP contribution in [0.15, 0.2) is 133 Å². The zero-order valence-electron chi connectivity index (χ0n) is 28.6. The molecule has 2 aliphatic carbocycles. The van der Waals surface area contributed by atoms with E-state index in [1.54, 1.807) is 0 Å². The summed E-state index contributed by atoms with van der Waals surface area (Å²) in [5.74, 6) is 0. The second kappa shape index (κ2) is 11.6. The number of anilines is 4. The maximum atomic E-state index is 3.76. The van der Waals surface area contributed by atoms with E-state index in [2.05, 4.69) is 178 Å². The van der Waals surface area contributed by atoms with Gasteiger partial charge in [-0.25, -0.2) is 0 Å². The highest BCUT2D eigenvalue weighted by Crippen LogP contribution is 2.52. The average Bonchev–Trinajstić information content (AvgIpc) is 3.48. The van der Waals surface area contributed by atoms with Crippen LogP contribution in [-0.2, 0) is 10.8 Å². The van der Waals surface area contributed by atoms with Gasteiger partial charge in [-0.2, -0.15) is 0 Å². The predicted molar refractivity (Wildman–Crippen MR) is 203 cm³/mol. The standard InChI is InChI=1S/C43H38N2.C2H6/c1-42(2)37-17-11-9-16-33(37)35-23-20-29(26-39(35)42)44-30-21-24-36-34-22-19-28(25-38(34)43(3,4)40(36)27-30)32-15-10-12-18-41(32)45(5)31-13-7-6-8-14-31;1-2/h6-27,44H,1-5H3;1-2H3. The van der Waals surface area contributed by atoms with E-state index in [9.17, 15) is 0 Å². The molecule has 0 aliphatic heterocycles. The summed E-state index contributed by atoms with van der Waals surface area (Å²) in [6.45, 7) is 13.4. The normalized spacial score (nSPS) is 14.2. The van der Waals surface area contributed by atoms with Crippen LogP contribution in [0.3, 0.4) is 0 Å². The van der Waals surface area contributed by atoms with E-state index in [0.717, 1.165) is 11.4 Å². The number of benzene rings is 6. The fourth-order valence-electron chi connectivity index (χ4n) is 7.73. The molecule has 2 nitrogen and oxygen atoms in total. The molecule has 1 N–H and O–H groups in total. The Morgan fingerprint density at radius 3 is 1.55 bits per heavy atom. The van der Waals surface area contributed by atoms with Crippen molar-refractivity contribution in [3.63, 3.8) is 0 Å². The average molecular weight is 613 g/mol. The van der Waals surface area contributed by atoms with Crippen LogP contribution in [0, 0.1) is 0 Å². The van der Waals surface area contributed by atoms with Gasteiger partial charge in [0.1, 0.15) is 0 Å². The fraction of sp³-hybridized carbons (Fsp3) is 0.200. The number of nitrogens with one attached hydrogen (secondary N) is 1. The monoisotopic (exact) mass is 612 g/mol. The minimum absolute atomic E-state index is 0.0165. The van der Waals surface area contributed by atoms with Crippen LogP contribution in [0.4, 0.5) is 22.7 Å². The van der Waals surface area contributed by atoms with Gasteiger partial charge < -0.3 is 10.2 Å². The summed E-state index contributed by atoms with van der Waals surface area (Å²) < 4.78 is 0. The first-order chi connectivity index (χ1) is 22.7.